The molecule has 4 heterocycles. The minimum atomic E-state index is -0.569. The molecule has 3 aromatic heterocycles. The first-order valence-electron chi connectivity index (χ1n) is 10.5. The summed E-state index contributed by atoms with van der Waals surface area (Å²) in [7, 11) is 1.79. The zero-order chi connectivity index (χ0) is 22.2. The Morgan fingerprint density at radius 2 is 2.06 bits per heavy atom. The molecule has 1 aromatic carbocycles. The van der Waals surface area contributed by atoms with Crippen LogP contribution in [0.1, 0.15) is 21.5 Å². The molecule has 8 heteroatoms. The summed E-state index contributed by atoms with van der Waals surface area (Å²) in [5.74, 6) is -0.261. The monoisotopic (exact) mass is 445 g/mol. The van der Waals surface area contributed by atoms with Gasteiger partial charge in [-0.05, 0) is 35.1 Å². The van der Waals surface area contributed by atoms with Crippen molar-refractivity contribution >= 4 is 28.8 Å². The number of carbonyl (C=O) groups excluding carboxylic acids is 2. The Labute approximate surface area is 189 Å². The molecule has 0 N–H and O–H groups in total. The maximum absolute atomic E-state index is 13.5. The lowest BCUT2D eigenvalue weighted by atomic mass is 9.98. The quantitative estimate of drug-likeness (QED) is 0.483. The summed E-state index contributed by atoms with van der Waals surface area (Å²) in [5, 5.41) is 6.34. The van der Waals surface area contributed by atoms with Crippen molar-refractivity contribution in [2.45, 2.75) is 19.4 Å². The highest BCUT2D eigenvalue weighted by atomic mass is 32.1. The van der Waals surface area contributed by atoms with E-state index in [0.29, 0.717) is 30.7 Å². The largest absolute Gasteiger partial charge is 0.342 e. The summed E-state index contributed by atoms with van der Waals surface area (Å²) in [6, 6.07) is 11.7. The summed E-state index contributed by atoms with van der Waals surface area (Å²) < 4.78 is 1.61. The van der Waals surface area contributed by atoms with Gasteiger partial charge in [-0.15, -0.1) is 11.3 Å². The zero-order valence-corrected chi connectivity index (χ0v) is 18.7. The Bertz CT molecular complexity index is 1300. The van der Waals surface area contributed by atoms with E-state index in [0.717, 1.165) is 16.7 Å². The zero-order valence-electron chi connectivity index (χ0n) is 17.9. The van der Waals surface area contributed by atoms with E-state index < -0.39 is 6.04 Å². The molecular formula is C24H23N5O2S. The van der Waals surface area contributed by atoms with Gasteiger partial charge in [0.25, 0.3) is 5.91 Å². The molecule has 0 aliphatic carbocycles. The van der Waals surface area contributed by atoms with E-state index in [4.69, 9.17) is 0 Å². The molecule has 5 rings (SSSR count). The van der Waals surface area contributed by atoms with Crippen LogP contribution in [0.25, 0.3) is 16.1 Å². The van der Waals surface area contributed by atoms with Crippen LogP contribution in [0.15, 0.2) is 60.4 Å². The normalized spacial score (nSPS) is 16.7. The van der Waals surface area contributed by atoms with Crippen LogP contribution >= 0.6 is 11.3 Å². The number of aromatic nitrogens is 3. The highest BCUT2D eigenvalue weighted by Gasteiger charge is 2.37. The molecule has 1 fully saturated rings. The van der Waals surface area contributed by atoms with Crippen molar-refractivity contribution in [1.29, 1.82) is 0 Å². The van der Waals surface area contributed by atoms with Gasteiger partial charge in [-0.1, -0.05) is 30.3 Å². The van der Waals surface area contributed by atoms with Crippen molar-refractivity contribution in [3.05, 3.63) is 77.1 Å². The third kappa shape index (κ3) is 3.67. The van der Waals surface area contributed by atoms with Crippen molar-refractivity contribution in [1.82, 2.24) is 24.4 Å². The highest BCUT2D eigenvalue weighted by molar-refractivity contribution is 7.13. The highest BCUT2D eigenvalue weighted by Crippen LogP contribution is 2.27. The SMILES string of the molecule is Cc1cnc2c(C(=O)N3CCN(C)C(=O)[C@H]3Cc3cccc(-c4cccs4)c3)cnn2c1. The second-order valence-electron chi connectivity index (χ2n) is 8.11. The Morgan fingerprint density at radius 3 is 2.88 bits per heavy atom. The summed E-state index contributed by atoms with van der Waals surface area (Å²) in [6.45, 7) is 2.90. The fourth-order valence-corrected chi connectivity index (χ4v) is 4.87. The van der Waals surface area contributed by atoms with Crippen molar-refractivity contribution in [2.75, 3.05) is 20.1 Å². The van der Waals surface area contributed by atoms with E-state index in [1.807, 2.05) is 36.7 Å². The van der Waals surface area contributed by atoms with Crippen LogP contribution in [0.4, 0.5) is 0 Å². The molecule has 0 bridgehead atoms. The number of thiophene rings is 1. The molecule has 162 valence electrons. The van der Waals surface area contributed by atoms with E-state index in [9.17, 15) is 9.59 Å². The number of hydrogen-bond donors (Lipinski definition) is 0. The van der Waals surface area contributed by atoms with E-state index in [-0.39, 0.29) is 11.8 Å². The molecular weight excluding hydrogens is 422 g/mol. The Morgan fingerprint density at radius 1 is 1.19 bits per heavy atom. The number of nitrogens with zero attached hydrogens (tertiary/aromatic N) is 5. The predicted octanol–water partition coefficient (Wildman–Crippen LogP) is 3.29. The Balaban J connectivity index is 1.47. The first-order chi connectivity index (χ1) is 15.5. The number of rotatable bonds is 4. The minimum absolute atomic E-state index is 0.0496. The lowest BCUT2D eigenvalue weighted by Crippen LogP contribution is -2.58. The standard InChI is InChI=1S/C24H23N5O2S/c1-16-13-25-22-19(14-26-29(22)15-16)23(30)28-9-8-27(2)24(31)20(28)12-17-5-3-6-18(11-17)21-7-4-10-32-21/h3-7,10-11,13-15,20H,8-9,12H2,1-2H3/t20-/m1/s1. The number of hydrogen-bond acceptors (Lipinski definition) is 5. The number of likely N-dealkylation sites (N-methyl/N-ethyl adjacent to an activating group) is 1. The summed E-state index contributed by atoms with van der Waals surface area (Å²) in [5.41, 5.74) is 4.02. The van der Waals surface area contributed by atoms with Gasteiger partial charge in [-0.2, -0.15) is 5.10 Å². The van der Waals surface area contributed by atoms with E-state index in [2.05, 4.69) is 28.3 Å². The molecule has 4 aromatic rings. The summed E-state index contributed by atoms with van der Waals surface area (Å²) in [4.78, 5) is 35.6. The maximum atomic E-state index is 13.5. The van der Waals surface area contributed by atoms with Crippen LogP contribution in [-0.2, 0) is 11.2 Å². The van der Waals surface area contributed by atoms with Crippen LogP contribution in [-0.4, -0.2) is 62.4 Å². The van der Waals surface area contributed by atoms with Gasteiger partial charge in [0.05, 0.1) is 6.20 Å². The molecule has 0 unspecified atom stereocenters. The number of aryl methyl sites for hydroxylation is 1. The fraction of sp³-hybridized carbons (Fsp3) is 0.250. The van der Waals surface area contributed by atoms with Crippen LogP contribution in [0, 0.1) is 6.92 Å². The fourth-order valence-electron chi connectivity index (χ4n) is 4.14. The second-order valence-corrected chi connectivity index (χ2v) is 9.06. The van der Waals surface area contributed by atoms with Crippen LogP contribution in [0.3, 0.4) is 0 Å². The molecule has 7 nitrogen and oxygen atoms in total. The first-order valence-corrected chi connectivity index (χ1v) is 11.4. The maximum Gasteiger partial charge on any atom is 0.260 e. The van der Waals surface area contributed by atoms with Crippen molar-refractivity contribution in [2.24, 2.45) is 0 Å². The molecule has 0 saturated carbocycles. The van der Waals surface area contributed by atoms with Gasteiger partial charge in [-0.25, -0.2) is 9.50 Å². The topological polar surface area (TPSA) is 70.8 Å². The van der Waals surface area contributed by atoms with Gasteiger partial charge in [0.1, 0.15) is 11.6 Å². The van der Waals surface area contributed by atoms with Gasteiger partial charge in [0, 0.05) is 43.8 Å². The van der Waals surface area contributed by atoms with Gasteiger partial charge in [-0.3, -0.25) is 9.59 Å². The Kier molecular flexibility index (Phi) is 5.22. The number of benzene rings is 1. The van der Waals surface area contributed by atoms with Crippen molar-refractivity contribution in [3.63, 3.8) is 0 Å². The minimum Gasteiger partial charge on any atom is -0.342 e. The molecule has 0 radical (unpaired) electrons. The lowest BCUT2D eigenvalue weighted by Gasteiger charge is -2.39. The molecule has 1 atom stereocenters. The van der Waals surface area contributed by atoms with E-state index in [1.165, 1.54) is 4.88 Å². The van der Waals surface area contributed by atoms with Gasteiger partial charge < -0.3 is 9.80 Å². The van der Waals surface area contributed by atoms with E-state index in [1.54, 1.807) is 45.1 Å². The summed E-state index contributed by atoms with van der Waals surface area (Å²) >= 11 is 1.68. The number of amides is 2. The number of fused-ring (bicyclic) bond motifs is 1. The van der Waals surface area contributed by atoms with Gasteiger partial charge in [0.2, 0.25) is 5.91 Å². The molecule has 32 heavy (non-hydrogen) atoms. The van der Waals surface area contributed by atoms with Crippen molar-refractivity contribution < 1.29 is 9.59 Å². The summed E-state index contributed by atoms with van der Waals surface area (Å²) in [6.07, 6.45) is 5.56. The molecule has 0 spiro atoms. The molecule has 2 amide bonds. The van der Waals surface area contributed by atoms with E-state index >= 15 is 0 Å². The predicted molar refractivity (Wildman–Crippen MR) is 124 cm³/mol. The number of carbonyl (C=O) groups is 2. The first kappa shape index (κ1) is 20.4. The Hall–Kier alpha value is -3.52. The third-order valence-corrected chi connectivity index (χ3v) is 6.77. The molecule has 1 saturated heterocycles. The van der Waals surface area contributed by atoms with Crippen LogP contribution < -0.4 is 0 Å². The third-order valence-electron chi connectivity index (χ3n) is 5.85. The smallest absolute Gasteiger partial charge is 0.260 e. The van der Waals surface area contributed by atoms with Crippen LogP contribution in [0.5, 0.6) is 0 Å². The lowest BCUT2D eigenvalue weighted by molar-refractivity contribution is -0.138. The van der Waals surface area contributed by atoms with Gasteiger partial charge >= 0.3 is 0 Å². The second kappa shape index (κ2) is 8.20. The van der Waals surface area contributed by atoms with Crippen molar-refractivity contribution in [3.8, 4) is 10.4 Å². The number of piperazine rings is 1. The average Bonchev–Trinajstić information content (AvgIpc) is 3.47. The van der Waals surface area contributed by atoms with Gasteiger partial charge in [0.15, 0.2) is 5.65 Å². The molecule has 1 aliphatic rings. The average molecular weight is 446 g/mol. The van der Waals surface area contributed by atoms with Crippen LogP contribution in [0.2, 0.25) is 0 Å². The molecule has 1 aliphatic heterocycles.